The lowest BCUT2D eigenvalue weighted by atomic mass is 9.98. The lowest BCUT2D eigenvalue weighted by Crippen LogP contribution is -2.06. The summed E-state index contributed by atoms with van der Waals surface area (Å²) in [5.74, 6) is 1.68. The van der Waals surface area contributed by atoms with Crippen LogP contribution < -0.4 is 10.5 Å². The van der Waals surface area contributed by atoms with Gasteiger partial charge < -0.3 is 10.5 Å². The molecule has 0 saturated heterocycles. The molecule has 2 rings (SSSR count). The third-order valence-corrected chi connectivity index (χ3v) is 3.20. The quantitative estimate of drug-likeness (QED) is 0.845. The minimum atomic E-state index is 0.249. The summed E-state index contributed by atoms with van der Waals surface area (Å²) < 4.78 is 5.71. The molecule has 0 bridgehead atoms. The van der Waals surface area contributed by atoms with Gasteiger partial charge in [0, 0.05) is 0 Å². The standard InChI is InChI=1S/C14H21NO/c1-10(2)16-13-5-6-14-11(7-8-15)3-4-12(14)9-13/h5-6,9-11H,3-4,7-8,15H2,1-2H3. The molecule has 1 aliphatic rings. The second-order valence-electron chi connectivity index (χ2n) is 4.84. The molecule has 0 fully saturated rings. The van der Waals surface area contributed by atoms with Crippen molar-refractivity contribution < 1.29 is 4.74 Å². The highest BCUT2D eigenvalue weighted by Crippen LogP contribution is 2.37. The molecular weight excluding hydrogens is 198 g/mol. The Morgan fingerprint density at radius 3 is 2.94 bits per heavy atom. The highest BCUT2D eigenvalue weighted by molar-refractivity contribution is 5.41. The average molecular weight is 219 g/mol. The summed E-state index contributed by atoms with van der Waals surface area (Å²) in [6.45, 7) is 4.91. The van der Waals surface area contributed by atoms with Gasteiger partial charge in [-0.1, -0.05) is 6.07 Å². The Balaban J connectivity index is 2.15. The summed E-state index contributed by atoms with van der Waals surface area (Å²) in [7, 11) is 0. The predicted octanol–water partition coefficient (Wildman–Crippen LogP) is 2.85. The van der Waals surface area contributed by atoms with Crippen LogP contribution in [-0.2, 0) is 6.42 Å². The monoisotopic (exact) mass is 219 g/mol. The second kappa shape index (κ2) is 4.88. The molecule has 2 heteroatoms. The number of hydrogen-bond donors (Lipinski definition) is 1. The number of ether oxygens (including phenoxy) is 1. The molecule has 1 aromatic rings. The fraction of sp³-hybridized carbons (Fsp3) is 0.571. The summed E-state index contributed by atoms with van der Waals surface area (Å²) in [6.07, 6.45) is 3.78. The zero-order valence-corrected chi connectivity index (χ0v) is 10.2. The fourth-order valence-electron chi connectivity index (χ4n) is 2.53. The summed E-state index contributed by atoms with van der Waals surface area (Å²) in [5.41, 5.74) is 8.58. The topological polar surface area (TPSA) is 35.2 Å². The van der Waals surface area contributed by atoms with E-state index in [1.54, 1.807) is 0 Å². The molecule has 1 aliphatic carbocycles. The Bertz CT molecular complexity index is 360. The van der Waals surface area contributed by atoms with E-state index in [-0.39, 0.29) is 6.10 Å². The van der Waals surface area contributed by atoms with Crippen LogP contribution in [0.4, 0.5) is 0 Å². The average Bonchev–Trinajstić information content (AvgIpc) is 2.61. The maximum absolute atomic E-state index is 5.71. The van der Waals surface area contributed by atoms with E-state index in [2.05, 4.69) is 32.0 Å². The normalized spacial score (nSPS) is 18.9. The molecule has 0 saturated carbocycles. The first-order chi connectivity index (χ1) is 7.70. The fourth-order valence-corrected chi connectivity index (χ4v) is 2.53. The Morgan fingerprint density at radius 1 is 1.44 bits per heavy atom. The van der Waals surface area contributed by atoms with E-state index >= 15 is 0 Å². The molecule has 0 spiro atoms. The van der Waals surface area contributed by atoms with E-state index < -0.39 is 0 Å². The molecule has 0 aliphatic heterocycles. The van der Waals surface area contributed by atoms with E-state index in [0.717, 1.165) is 18.7 Å². The summed E-state index contributed by atoms with van der Waals surface area (Å²) in [4.78, 5) is 0. The van der Waals surface area contributed by atoms with Crippen LogP contribution in [0.2, 0.25) is 0 Å². The van der Waals surface area contributed by atoms with Crippen molar-refractivity contribution in [3.63, 3.8) is 0 Å². The van der Waals surface area contributed by atoms with E-state index in [4.69, 9.17) is 10.5 Å². The van der Waals surface area contributed by atoms with Crippen molar-refractivity contribution >= 4 is 0 Å². The van der Waals surface area contributed by atoms with Gasteiger partial charge in [-0.25, -0.2) is 0 Å². The van der Waals surface area contributed by atoms with Gasteiger partial charge in [-0.05, 0) is 68.8 Å². The zero-order chi connectivity index (χ0) is 11.5. The Labute approximate surface area is 97.8 Å². The first-order valence-corrected chi connectivity index (χ1v) is 6.20. The van der Waals surface area contributed by atoms with E-state index in [1.807, 2.05) is 0 Å². The Kier molecular flexibility index (Phi) is 3.49. The number of rotatable bonds is 4. The van der Waals surface area contributed by atoms with Gasteiger partial charge in [0.1, 0.15) is 5.75 Å². The van der Waals surface area contributed by atoms with Gasteiger partial charge in [0.25, 0.3) is 0 Å². The van der Waals surface area contributed by atoms with Gasteiger partial charge in [-0.15, -0.1) is 0 Å². The molecule has 1 aromatic carbocycles. The Morgan fingerprint density at radius 2 is 2.25 bits per heavy atom. The third-order valence-electron chi connectivity index (χ3n) is 3.20. The van der Waals surface area contributed by atoms with Crippen LogP contribution in [0.3, 0.4) is 0 Å². The largest absolute Gasteiger partial charge is 0.491 e. The maximum atomic E-state index is 5.71. The van der Waals surface area contributed by atoms with E-state index in [0.29, 0.717) is 5.92 Å². The first kappa shape index (κ1) is 11.5. The molecule has 2 N–H and O–H groups in total. The van der Waals surface area contributed by atoms with Crippen LogP contribution in [0.5, 0.6) is 5.75 Å². The number of aryl methyl sites for hydroxylation is 1. The van der Waals surface area contributed by atoms with Crippen LogP contribution in [0, 0.1) is 0 Å². The number of benzene rings is 1. The van der Waals surface area contributed by atoms with E-state index in [9.17, 15) is 0 Å². The van der Waals surface area contributed by atoms with Crippen molar-refractivity contribution in [2.24, 2.45) is 5.73 Å². The van der Waals surface area contributed by atoms with Crippen molar-refractivity contribution in [1.29, 1.82) is 0 Å². The summed E-state index contributed by atoms with van der Waals surface area (Å²) >= 11 is 0. The molecule has 16 heavy (non-hydrogen) atoms. The molecule has 88 valence electrons. The Hall–Kier alpha value is -1.02. The van der Waals surface area contributed by atoms with Gasteiger partial charge in [0.15, 0.2) is 0 Å². The van der Waals surface area contributed by atoms with Crippen molar-refractivity contribution in [3.05, 3.63) is 29.3 Å². The molecule has 0 heterocycles. The van der Waals surface area contributed by atoms with Crippen molar-refractivity contribution in [2.75, 3.05) is 6.54 Å². The van der Waals surface area contributed by atoms with E-state index in [1.165, 1.54) is 24.0 Å². The highest BCUT2D eigenvalue weighted by Gasteiger charge is 2.21. The smallest absolute Gasteiger partial charge is 0.119 e. The van der Waals surface area contributed by atoms with Crippen LogP contribution >= 0.6 is 0 Å². The van der Waals surface area contributed by atoms with Crippen molar-refractivity contribution in [2.45, 2.75) is 45.1 Å². The summed E-state index contributed by atoms with van der Waals surface area (Å²) in [6, 6.07) is 6.51. The van der Waals surface area contributed by atoms with Gasteiger partial charge in [0.2, 0.25) is 0 Å². The minimum Gasteiger partial charge on any atom is -0.491 e. The molecule has 1 atom stereocenters. The van der Waals surface area contributed by atoms with Crippen LogP contribution in [0.25, 0.3) is 0 Å². The molecule has 2 nitrogen and oxygen atoms in total. The van der Waals surface area contributed by atoms with Gasteiger partial charge >= 0.3 is 0 Å². The molecular formula is C14H21NO. The predicted molar refractivity (Wildman–Crippen MR) is 66.9 cm³/mol. The third kappa shape index (κ3) is 2.38. The van der Waals surface area contributed by atoms with Crippen molar-refractivity contribution in [3.8, 4) is 5.75 Å². The minimum absolute atomic E-state index is 0.249. The number of nitrogens with two attached hydrogens (primary N) is 1. The first-order valence-electron chi connectivity index (χ1n) is 6.20. The van der Waals surface area contributed by atoms with Gasteiger partial charge in [-0.2, -0.15) is 0 Å². The zero-order valence-electron chi connectivity index (χ0n) is 10.2. The number of hydrogen-bond acceptors (Lipinski definition) is 2. The van der Waals surface area contributed by atoms with Gasteiger partial charge in [-0.3, -0.25) is 0 Å². The summed E-state index contributed by atoms with van der Waals surface area (Å²) in [5, 5.41) is 0. The highest BCUT2D eigenvalue weighted by atomic mass is 16.5. The van der Waals surface area contributed by atoms with Crippen LogP contribution in [0.1, 0.15) is 43.7 Å². The molecule has 0 radical (unpaired) electrons. The lowest BCUT2D eigenvalue weighted by molar-refractivity contribution is 0.242. The second-order valence-corrected chi connectivity index (χ2v) is 4.84. The molecule has 0 aromatic heterocycles. The maximum Gasteiger partial charge on any atom is 0.119 e. The number of fused-ring (bicyclic) bond motifs is 1. The SMILES string of the molecule is CC(C)Oc1ccc2c(c1)CCC2CCN. The molecule has 1 unspecified atom stereocenters. The van der Waals surface area contributed by atoms with Crippen LogP contribution in [0.15, 0.2) is 18.2 Å². The van der Waals surface area contributed by atoms with Crippen molar-refractivity contribution in [1.82, 2.24) is 0 Å². The van der Waals surface area contributed by atoms with Gasteiger partial charge in [0.05, 0.1) is 6.10 Å². The van der Waals surface area contributed by atoms with Crippen LogP contribution in [-0.4, -0.2) is 12.6 Å². The lowest BCUT2D eigenvalue weighted by Gasteiger charge is -2.13. The molecule has 0 amide bonds.